The highest BCUT2D eigenvalue weighted by Crippen LogP contribution is 2.23. The Bertz CT molecular complexity index is 847. The number of hydrogen-bond donors (Lipinski definition) is 1. The highest BCUT2D eigenvalue weighted by Gasteiger charge is 2.14. The second-order valence-corrected chi connectivity index (χ2v) is 4.26. The van der Waals surface area contributed by atoms with Crippen LogP contribution in [0.3, 0.4) is 0 Å². The lowest BCUT2D eigenvalue weighted by Gasteiger charge is -2.04. The van der Waals surface area contributed by atoms with Crippen molar-refractivity contribution in [3.05, 3.63) is 47.9 Å². The predicted octanol–water partition coefficient (Wildman–Crippen LogP) is 1.70. The number of carboxylic acids is 1. The summed E-state index contributed by atoms with van der Waals surface area (Å²) in [6, 6.07) is 4.65. The van der Waals surface area contributed by atoms with Crippen molar-refractivity contribution in [2.45, 2.75) is 6.42 Å². The van der Waals surface area contributed by atoms with Crippen LogP contribution in [-0.2, 0) is 11.2 Å². The van der Waals surface area contributed by atoms with Crippen molar-refractivity contribution in [3.63, 3.8) is 0 Å². The van der Waals surface area contributed by atoms with E-state index in [0.29, 0.717) is 5.69 Å². The first-order valence-corrected chi connectivity index (χ1v) is 5.92. The van der Waals surface area contributed by atoms with E-state index in [-0.39, 0.29) is 23.6 Å². The van der Waals surface area contributed by atoms with Gasteiger partial charge in [0.25, 0.3) is 5.78 Å². The molecule has 3 aromatic rings. The van der Waals surface area contributed by atoms with Crippen molar-refractivity contribution in [3.8, 4) is 11.3 Å². The standard InChI is InChI=1S/C13H8F2N4O2/c14-7-1-2-8(9(15)5-7)10-3-4-16-13-17-11(6-12(20)21)18-19(10)13/h1-5H,6H2,(H,20,21). The summed E-state index contributed by atoms with van der Waals surface area (Å²) in [5.41, 5.74) is 0.428. The Morgan fingerprint density at radius 1 is 1.29 bits per heavy atom. The molecule has 0 fully saturated rings. The molecule has 3 rings (SSSR count). The molecule has 1 aromatic carbocycles. The van der Waals surface area contributed by atoms with Crippen molar-refractivity contribution < 1.29 is 18.7 Å². The first-order valence-electron chi connectivity index (χ1n) is 5.92. The Kier molecular flexibility index (Phi) is 3.05. The van der Waals surface area contributed by atoms with Gasteiger partial charge in [0.2, 0.25) is 0 Å². The molecular weight excluding hydrogens is 282 g/mol. The Morgan fingerprint density at radius 2 is 2.10 bits per heavy atom. The molecule has 0 unspecified atom stereocenters. The van der Waals surface area contributed by atoms with E-state index in [1.54, 1.807) is 0 Å². The van der Waals surface area contributed by atoms with E-state index in [1.807, 2.05) is 0 Å². The van der Waals surface area contributed by atoms with Gasteiger partial charge in [0.15, 0.2) is 5.82 Å². The van der Waals surface area contributed by atoms with Crippen molar-refractivity contribution in [1.82, 2.24) is 19.6 Å². The average Bonchev–Trinajstić information content (AvgIpc) is 2.80. The lowest BCUT2D eigenvalue weighted by molar-refractivity contribution is -0.136. The Balaban J connectivity index is 2.18. The number of nitrogens with zero attached hydrogens (tertiary/aromatic N) is 4. The predicted molar refractivity (Wildman–Crippen MR) is 67.5 cm³/mol. The molecule has 2 heterocycles. The van der Waals surface area contributed by atoms with Gasteiger partial charge in [0.05, 0.1) is 5.69 Å². The lowest BCUT2D eigenvalue weighted by atomic mass is 10.1. The van der Waals surface area contributed by atoms with E-state index in [9.17, 15) is 13.6 Å². The number of rotatable bonds is 3. The largest absolute Gasteiger partial charge is 0.481 e. The summed E-state index contributed by atoms with van der Waals surface area (Å²) in [5, 5.41) is 12.7. The van der Waals surface area contributed by atoms with Crippen molar-refractivity contribution in [2.24, 2.45) is 0 Å². The monoisotopic (exact) mass is 290 g/mol. The third-order valence-corrected chi connectivity index (χ3v) is 2.80. The lowest BCUT2D eigenvalue weighted by Crippen LogP contribution is -2.02. The molecule has 0 aliphatic carbocycles. The maximum Gasteiger partial charge on any atom is 0.311 e. The van der Waals surface area contributed by atoms with Crippen LogP contribution in [0.15, 0.2) is 30.5 Å². The topological polar surface area (TPSA) is 80.4 Å². The van der Waals surface area contributed by atoms with Crippen LogP contribution >= 0.6 is 0 Å². The second-order valence-electron chi connectivity index (χ2n) is 4.26. The van der Waals surface area contributed by atoms with Crippen LogP contribution in [0, 0.1) is 11.6 Å². The van der Waals surface area contributed by atoms with Gasteiger partial charge in [0, 0.05) is 17.8 Å². The minimum absolute atomic E-state index is 0.0602. The van der Waals surface area contributed by atoms with Gasteiger partial charge in [-0.1, -0.05) is 0 Å². The Labute approximate surface area is 116 Å². The molecule has 0 bridgehead atoms. The van der Waals surface area contributed by atoms with Crippen LogP contribution in [0.4, 0.5) is 8.78 Å². The molecule has 0 saturated heterocycles. The Hall–Kier alpha value is -2.90. The van der Waals surface area contributed by atoms with Crippen LogP contribution in [0.25, 0.3) is 17.0 Å². The normalized spacial score (nSPS) is 11.0. The van der Waals surface area contributed by atoms with E-state index in [1.165, 1.54) is 22.8 Å². The van der Waals surface area contributed by atoms with E-state index < -0.39 is 17.6 Å². The van der Waals surface area contributed by atoms with Crippen LogP contribution in [0.2, 0.25) is 0 Å². The smallest absolute Gasteiger partial charge is 0.311 e. The van der Waals surface area contributed by atoms with E-state index in [4.69, 9.17) is 5.11 Å². The summed E-state index contributed by atoms with van der Waals surface area (Å²) >= 11 is 0. The highest BCUT2D eigenvalue weighted by molar-refractivity contribution is 5.69. The molecule has 21 heavy (non-hydrogen) atoms. The number of hydrogen-bond acceptors (Lipinski definition) is 4. The number of aromatic nitrogens is 4. The van der Waals surface area contributed by atoms with Crippen LogP contribution in [0.1, 0.15) is 5.82 Å². The first-order chi connectivity index (χ1) is 10.0. The molecule has 0 amide bonds. The summed E-state index contributed by atoms with van der Waals surface area (Å²) in [4.78, 5) is 18.6. The number of halogens is 2. The maximum absolute atomic E-state index is 13.9. The van der Waals surface area contributed by atoms with Crippen LogP contribution in [-0.4, -0.2) is 30.7 Å². The zero-order valence-electron chi connectivity index (χ0n) is 10.5. The molecule has 0 spiro atoms. The molecule has 6 nitrogen and oxygen atoms in total. The summed E-state index contributed by atoms with van der Waals surface area (Å²) in [6.45, 7) is 0. The highest BCUT2D eigenvalue weighted by atomic mass is 19.1. The fraction of sp³-hybridized carbons (Fsp3) is 0.0769. The number of fused-ring (bicyclic) bond motifs is 1. The number of aliphatic carboxylic acids is 1. The van der Waals surface area contributed by atoms with Gasteiger partial charge in [-0.05, 0) is 18.2 Å². The van der Waals surface area contributed by atoms with Gasteiger partial charge >= 0.3 is 5.97 Å². The third kappa shape index (κ3) is 2.42. The molecule has 0 aliphatic heterocycles. The minimum Gasteiger partial charge on any atom is -0.481 e. The molecule has 2 aromatic heterocycles. The van der Waals surface area contributed by atoms with E-state index in [0.717, 1.165) is 12.1 Å². The maximum atomic E-state index is 13.9. The van der Waals surface area contributed by atoms with Gasteiger partial charge < -0.3 is 5.11 Å². The number of carboxylic acid groups (broad SMARTS) is 1. The quantitative estimate of drug-likeness (QED) is 0.794. The zero-order chi connectivity index (χ0) is 15.0. The van der Waals surface area contributed by atoms with Crippen molar-refractivity contribution in [2.75, 3.05) is 0 Å². The first kappa shape index (κ1) is 13.1. The van der Waals surface area contributed by atoms with Crippen LogP contribution in [0.5, 0.6) is 0 Å². The van der Waals surface area contributed by atoms with Gasteiger partial charge in [-0.3, -0.25) is 4.79 Å². The minimum atomic E-state index is -1.08. The molecule has 8 heteroatoms. The Morgan fingerprint density at radius 3 is 2.81 bits per heavy atom. The third-order valence-electron chi connectivity index (χ3n) is 2.80. The van der Waals surface area contributed by atoms with Crippen molar-refractivity contribution in [1.29, 1.82) is 0 Å². The SMILES string of the molecule is O=C(O)Cc1nc2nccc(-c3ccc(F)cc3F)n2n1. The summed E-state index contributed by atoms with van der Waals surface area (Å²) < 4.78 is 28.1. The zero-order valence-corrected chi connectivity index (χ0v) is 10.5. The number of carbonyl (C=O) groups is 1. The molecule has 0 atom stereocenters. The molecular formula is C13H8F2N4O2. The fourth-order valence-electron chi connectivity index (χ4n) is 1.95. The van der Waals surface area contributed by atoms with Crippen molar-refractivity contribution >= 4 is 11.7 Å². The molecule has 1 N–H and O–H groups in total. The fourth-order valence-corrected chi connectivity index (χ4v) is 1.95. The summed E-state index contributed by atoms with van der Waals surface area (Å²) in [7, 11) is 0. The number of benzene rings is 1. The molecule has 0 radical (unpaired) electrons. The second kappa shape index (κ2) is 4.89. The van der Waals surface area contributed by atoms with Crippen LogP contribution < -0.4 is 0 Å². The summed E-state index contributed by atoms with van der Waals surface area (Å²) in [5.74, 6) is -2.32. The van der Waals surface area contributed by atoms with Gasteiger partial charge in [-0.25, -0.2) is 13.8 Å². The molecule has 0 saturated carbocycles. The average molecular weight is 290 g/mol. The van der Waals surface area contributed by atoms with Gasteiger partial charge in [-0.2, -0.15) is 9.50 Å². The molecule has 106 valence electrons. The van der Waals surface area contributed by atoms with E-state index in [2.05, 4.69) is 15.1 Å². The van der Waals surface area contributed by atoms with Gasteiger partial charge in [0.1, 0.15) is 18.1 Å². The van der Waals surface area contributed by atoms with Gasteiger partial charge in [-0.15, -0.1) is 5.10 Å². The summed E-state index contributed by atoms with van der Waals surface area (Å²) in [6.07, 6.45) is 1.03. The van der Waals surface area contributed by atoms with E-state index >= 15 is 0 Å². The molecule has 0 aliphatic rings.